The third-order valence-electron chi connectivity index (χ3n) is 2.45. The Morgan fingerprint density at radius 1 is 1.47 bits per heavy atom. The molecule has 0 aliphatic carbocycles. The van der Waals surface area contributed by atoms with E-state index < -0.39 is 0 Å². The summed E-state index contributed by atoms with van der Waals surface area (Å²) in [7, 11) is 0. The zero-order valence-electron chi connectivity index (χ0n) is 8.37. The smallest absolute Gasteiger partial charge is 0.149 e. The highest BCUT2D eigenvalue weighted by Gasteiger charge is 2.14. The zero-order chi connectivity index (χ0) is 10.7. The molecule has 2 rings (SSSR count). The van der Waals surface area contributed by atoms with Crippen molar-refractivity contribution in [2.24, 2.45) is 0 Å². The number of thioether (sulfide) groups is 1. The Morgan fingerprint density at radius 2 is 2.20 bits per heavy atom. The molecule has 82 valence electrons. The lowest BCUT2D eigenvalue weighted by Gasteiger charge is -2.23. The van der Waals surface area contributed by atoms with Gasteiger partial charge in [-0.25, -0.2) is 4.98 Å². The van der Waals surface area contributed by atoms with Crippen LogP contribution in [0.1, 0.15) is 12.8 Å². The average Bonchev–Trinajstić information content (AvgIpc) is 2.24. The highest BCUT2D eigenvalue weighted by Crippen LogP contribution is 2.24. The highest BCUT2D eigenvalue weighted by atomic mass is 79.9. The number of hydrogen-bond donors (Lipinski definition) is 2. The lowest BCUT2D eigenvalue weighted by Crippen LogP contribution is -2.25. The van der Waals surface area contributed by atoms with Crippen molar-refractivity contribution in [1.29, 1.82) is 0 Å². The van der Waals surface area contributed by atoms with Crippen LogP contribution >= 0.6 is 27.7 Å². The van der Waals surface area contributed by atoms with E-state index in [0.717, 1.165) is 10.3 Å². The van der Waals surface area contributed by atoms with Crippen molar-refractivity contribution >= 4 is 39.2 Å². The van der Waals surface area contributed by atoms with Gasteiger partial charge < -0.3 is 11.1 Å². The topological polar surface area (TPSA) is 50.9 Å². The molecular formula is C10H14BrN3S. The predicted molar refractivity (Wildman–Crippen MR) is 70.3 cm³/mol. The van der Waals surface area contributed by atoms with Gasteiger partial charge in [0.05, 0.1) is 5.69 Å². The number of hydrogen-bond acceptors (Lipinski definition) is 4. The molecule has 1 fully saturated rings. The van der Waals surface area contributed by atoms with Crippen LogP contribution in [0.2, 0.25) is 0 Å². The van der Waals surface area contributed by atoms with Gasteiger partial charge in [-0.2, -0.15) is 11.8 Å². The van der Waals surface area contributed by atoms with Crippen LogP contribution in [0.4, 0.5) is 11.5 Å². The lowest BCUT2D eigenvalue weighted by molar-refractivity contribution is 0.664. The van der Waals surface area contributed by atoms with Gasteiger partial charge in [0.2, 0.25) is 0 Å². The van der Waals surface area contributed by atoms with E-state index in [1.165, 1.54) is 24.3 Å². The molecule has 5 heteroatoms. The number of nitrogen functional groups attached to an aromatic ring is 1. The number of halogens is 1. The van der Waals surface area contributed by atoms with Crippen LogP contribution < -0.4 is 11.1 Å². The number of nitrogens with two attached hydrogens (primary N) is 1. The van der Waals surface area contributed by atoms with Crippen molar-refractivity contribution in [2.75, 3.05) is 22.6 Å². The van der Waals surface area contributed by atoms with Crippen LogP contribution in [0.25, 0.3) is 0 Å². The molecule has 1 aliphatic heterocycles. The first-order valence-corrected chi connectivity index (χ1v) is 6.96. The molecule has 0 spiro atoms. The summed E-state index contributed by atoms with van der Waals surface area (Å²) < 4.78 is 0.921. The third-order valence-corrected chi connectivity index (χ3v) is 3.93. The molecule has 0 amide bonds. The number of anilines is 2. The van der Waals surface area contributed by atoms with Crippen molar-refractivity contribution in [3.63, 3.8) is 0 Å². The summed E-state index contributed by atoms with van der Waals surface area (Å²) >= 11 is 5.36. The largest absolute Gasteiger partial charge is 0.396 e. The van der Waals surface area contributed by atoms with Gasteiger partial charge in [-0.15, -0.1) is 0 Å². The Hall–Kier alpha value is -0.420. The highest BCUT2D eigenvalue weighted by molar-refractivity contribution is 9.10. The Labute approximate surface area is 102 Å². The molecule has 0 bridgehead atoms. The number of nitrogens with zero attached hydrogens (tertiary/aromatic N) is 1. The normalized spacial score (nSPS) is 17.7. The van der Waals surface area contributed by atoms with E-state index in [1.807, 2.05) is 17.8 Å². The molecule has 1 aromatic rings. The van der Waals surface area contributed by atoms with Gasteiger partial charge in [0.25, 0.3) is 0 Å². The van der Waals surface area contributed by atoms with E-state index >= 15 is 0 Å². The maximum Gasteiger partial charge on any atom is 0.149 e. The maximum atomic E-state index is 5.88. The van der Waals surface area contributed by atoms with Gasteiger partial charge in [-0.05, 0) is 46.3 Å². The molecule has 3 N–H and O–H groups in total. The third kappa shape index (κ3) is 3.01. The quantitative estimate of drug-likeness (QED) is 0.878. The second kappa shape index (κ2) is 5.07. The van der Waals surface area contributed by atoms with Crippen LogP contribution in [-0.2, 0) is 0 Å². The molecule has 2 heterocycles. The maximum absolute atomic E-state index is 5.88. The van der Waals surface area contributed by atoms with Gasteiger partial charge in [0.1, 0.15) is 5.82 Å². The first-order chi connectivity index (χ1) is 7.25. The van der Waals surface area contributed by atoms with Crippen LogP contribution in [0.3, 0.4) is 0 Å². The molecular weight excluding hydrogens is 274 g/mol. The Balaban J connectivity index is 2.03. The fourth-order valence-corrected chi connectivity index (χ4v) is 3.07. The molecule has 15 heavy (non-hydrogen) atoms. The molecule has 0 saturated carbocycles. The number of rotatable bonds is 2. The summed E-state index contributed by atoms with van der Waals surface area (Å²) in [5.74, 6) is 3.28. The first-order valence-electron chi connectivity index (χ1n) is 5.01. The van der Waals surface area contributed by atoms with Crippen LogP contribution in [0.5, 0.6) is 0 Å². The molecule has 0 aromatic carbocycles. The van der Waals surface area contributed by atoms with Crippen molar-refractivity contribution in [3.05, 3.63) is 16.7 Å². The van der Waals surface area contributed by atoms with Gasteiger partial charge in [0, 0.05) is 16.7 Å². The van der Waals surface area contributed by atoms with E-state index in [0.29, 0.717) is 11.7 Å². The summed E-state index contributed by atoms with van der Waals surface area (Å²) in [6.45, 7) is 0. The lowest BCUT2D eigenvalue weighted by atomic mass is 10.1. The average molecular weight is 288 g/mol. The fourth-order valence-electron chi connectivity index (χ4n) is 1.61. The summed E-state index contributed by atoms with van der Waals surface area (Å²) in [4.78, 5) is 4.28. The molecule has 1 aliphatic rings. The number of aromatic nitrogens is 1. The van der Waals surface area contributed by atoms with E-state index in [2.05, 4.69) is 26.2 Å². The molecule has 1 saturated heterocycles. The van der Waals surface area contributed by atoms with Gasteiger partial charge >= 0.3 is 0 Å². The van der Waals surface area contributed by atoms with Crippen molar-refractivity contribution in [1.82, 2.24) is 4.98 Å². The monoisotopic (exact) mass is 287 g/mol. The van der Waals surface area contributed by atoms with E-state index in [4.69, 9.17) is 5.73 Å². The van der Waals surface area contributed by atoms with Gasteiger partial charge in [-0.3, -0.25) is 0 Å². The van der Waals surface area contributed by atoms with Crippen LogP contribution in [0.15, 0.2) is 16.7 Å². The van der Waals surface area contributed by atoms with Crippen LogP contribution in [0, 0.1) is 0 Å². The standard InChI is InChI=1S/C10H14BrN3S/c11-7-5-9(12)10(13-6-7)14-8-1-3-15-4-2-8/h5-6,8H,1-4,12H2,(H,13,14). The minimum absolute atomic E-state index is 0.530. The van der Waals surface area contributed by atoms with Crippen molar-refractivity contribution < 1.29 is 0 Å². The SMILES string of the molecule is Nc1cc(Br)cnc1NC1CCSCC1. The second-order valence-corrected chi connectivity index (χ2v) is 5.76. The zero-order valence-corrected chi connectivity index (χ0v) is 10.8. The fraction of sp³-hybridized carbons (Fsp3) is 0.500. The summed E-state index contributed by atoms with van der Waals surface area (Å²) in [5, 5.41) is 3.41. The Kier molecular flexibility index (Phi) is 3.75. The van der Waals surface area contributed by atoms with Crippen molar-refractivity contribution in [2.45, 2.75) is 18.9 Å². The van der Waals surface area contributed by atoms with E-state index in [1.54, 1.807) is 6.20 Å². The molecule has 0 atom stereocenters. The molecule has 0 unspecified atom stereocenters. The van der Waals surface area contributed by atoms with E-state index in [-0.39, 0.29) is 0 Å². The minimum atomic E-state index is 0.530. The predicted octanol–water partition coefficient (Wildman–Crippen LogP) is 2.73. The number of pyridine rings is 1. The van der Waals surface area contributed by atoms with Crippen LogP contribution in [-0.4, -0.2) is 22.5 Å². The minimum Gasteiger partial charge on any atom is -0.396 e. The number of nitrogens with one attached hydrogen (secondary N) is 1. The van der Waals surface area contributed by atoms with E-state index in [9.17, 15) is 0 Å². The second-order valence-electron chi connectivity index (χ2n) is 3.62. The first kappa shape index (κ1) is 11.1. The summed E-state index contributed by atoms with van der Waals surface area (Å²) in [6.07, 6.45) is 4.17. The Morgan fingerprint density at radius 3 is 2.87 bits per heavy atom. The van der Waals surface area contributed by atoms with Crippen molar-refractivity contribution in [3.8, 4) is 0 Å². The van der Waals surface area contributed by atoms with Gasteiger partial charge in [0.15, 0.2) is 0 Å². The molecule has 3 nitrogen and oxygen atoms in total. The summed E-state index contributed by atoms with van der Waals surface area (Å²) in [5.41, 5.74) is 6.59. The molecule has 0 radical (unpaired) electrons. The summed E-state index contributed by atoms with van der Waals surface area (Å²) in [6, 6.07) is 2.41. The molecule has 1 aromatic heterocycles. The van der Waals surface area contributed by atoms with Gasteiger partial charge in [-0.1, -0.05) is 0 Å². The Bertz CT molecular complexity index is 339.